The van der Waals surface area contributed by atoms with Gasteiger partial charge in [-0.3, -0.25) is 4.79 Å². The number of carboxylic acid groups (broad SMARTS) is 1. The van der Waals surface area contributed by atoms with Crippen LogP contribution < -0.4 is 10.6 Å². The highest BCUT2D eigenvalue weighted by molar-refractivity contribution is 5.89. The second kappa shape index (κ2) is 11.3. The predicted octanol–water partition coefficient (Wildman–Crippen LogP) is 2.67. The van der Waals surface area contributed by atoms with Crippen LogP contribution in [0.3, 0.4) is 0 Å². The van der Waals surface area contributed by atoms with Crippen molar-refractivity contribution in [1.82, 2.24) is 10.6 Å². The lowest BCUT2D eigenvalue weighted by molar-refractivity contribution is -0.142. The van der Waals surface area contributed by atoms with Gasteiger partial charge < -0.3 is 20.5 Å². The number of hydrogen-bond acceptors (Lipinski definition) is 4. The number of rotatable bonds is 10. The van der Waals surface area contributed by atoms with E-state index in [9.17, 15) is 19.5 Å². The summed E-state index contributed by atoms with van der Waals surface area (Å²) >= 11 is 0. The lowest BCUT2D eigenvalue weighted by Gasteiger charge is -2.21. The minimum atomic E-state index is -1.18. The molecule has 0 fully saturated rings. The standard InChI is InChI=1S/C22H24N2O5/c1-2-9-18(21(26)27)23-20(25)19(14-16-10-5-3-6-11-16)24-22(28)29-15-17-12-7-4-8-13-17/h2-8,10-13,18-19H,1,9,14-15H2,(H,23,25)(H,24,28)(H,26,27)/t18-,19+/m0/s1. The topological polar surface area (TPSA) is 105 Å². The van der Waals surface area contributed by atoms with Crippen LogP contribution in [0.25, 0.3) is 0 Å². The SMILES string of the molecule is C=CC[C@H](NC(=O)[C@@H](Cc1ccccc1)NC(=O)OCc1ccccc1)C(=O)O. The van der Waals surface area contributed by atoms with Crippen LogP contribution in [0.15, 0.2) is 73.3 Å². The van der Waals surface area contributed by atoms with Gasteiger partial charge in [0.25, 0.3) is 0 Å². The fourth-order valence-electron chi connectivity index (χ4n) is 2.63. The summed E-state index contributed by atoms with van der Waals surface area (Å²) < 4.78 is 5.18. The normalized spacial score (nSPS) is 12.3. The third-order valence-electron chi connectivity index (χ3n) is 4.12. The van der Waals surface area contributed by atoms with Gasteiger partial charge in [-0.25, -0.2) is 9.59 Å². The van der Waals surface area contributed by atoms with E-state index in [2.05, 4.69) is 17.2 Å². The number of carbonyl (C=O) groups is 3. The zero-order chi connectivity index (χ0) is 21.1. The molecule has 0 saturated heterocycles. The largest absolute Gasteiger partial charge is 0.480 e. The number of carboxylic acids is 1. The van der Waals surface area contributed by atoms with E-state index in [1.54, 1.807) is 0 Å². The minimum absolute atomic E-state index is 0.0561. The Hall–Kier alpha value is -3.61. The van der Waals surface area contributed by atoms with E-state index in [1.165, 1.54) is 6.08 Å². The number of ether oxygens (including phenoxy) is 1. The molecule has 0 aliphatic carbocycles. The molecule has 2 atom stereocenters. The highest BCUT2D eigenvalue weighted by atomic mass is 16.5. The van der Waals surface area contributed by atoms with Gasteiger partial charge in [-0.15, -0.1) is 6.58 Å². The first-order chi connectivity index (χ1) is 14.0. The Balaban J connectivity index is 2.05. The molecule has 2 rings (SSSR count). The first kappa shape index (κ1) is 21.7. The maximum atomic E-state index is 12.7. The van der Waals surface area contributed by atoms with Crippen molar-refractivity contribution < 1.29 is 24.2 Å². The molecule has 0 aliphatic heterocycles. The van der Waals surface area contributed by atoms with Crippen molar-refractivity contribution in [2.24, 2.45) is 0 Å². The second-order valence-electron chi connectivity index (χ2n) is 6.37. The van der Waals surface area contributed by atoms with Crippen LogP contribution in [0.2, 0.25) is 0 Å². The molecule has 0 bridgehead atoms. The zero-order valence-corrected chi connectivity index (χ0v) is 15.9. The summed E-state index contributed by atoms with van der Waals surface area (Å²) in [6.45, 7) is 3.56. The van der Waals surface area contributed by atoms with Crippen molar-refractivity contribution in [3.8, 4) is 0 Å². The molecule has 0 aliphatic rings. The molecular weight excluding hydrogens is 372 g/mol. The molecule has 7 nitrogen and oxygen atoms in total. The summed E-state index contributed by atoms with van der Waals surface area (Å²) in [5.74, 6) is -1.79. The molecule has 0 heterocycles. The molecule has 0 saturated carbocycles. The first-order valence-corrected chi connectivity index (χ1v) is 9.14. The smallest absolute Gasteiger partial charge is 0.408 e. The third-order valence-corrected chi connectivity index (χ3v) is 4.12. The molecule has 2 amide bonds. The van der Waals surface area contributed by atoms with Crippen molar-refractivity contribution in [1.29, 1.82) is 0 Å². The van der Waals surface area contributed by atoms with Crippen molar-refractivity contribution in [2.75, 3.05) is 0 Å². The van der Waals surface area contributed by atoms with Crippen LogP contribution in [-0.4, -0.2) is 35.2 Å². The number of hydrogen-bond donors (Lipinski definition) is 3. The maximum absolute atomic E-state index is 12.7. The number of alkyl carbamates (subject to hydrolysis) is 1. The van der Waals surface area contributed by atoms with Crippen LogP contribution in [-0.2, 0) is 27.4 Å². The van der Waals surface area contributed by atoms with Gasteiger partial charge >= 0.3 is 12.1 Å². The Morgan fingerprint density at radius 1 is 0.931 bits per heavy atom. The van der Waals surface area contributed by atoms with Gasteiger partial charge in [0.2, 0.25) is 5.91 Å². The van der Waals surface area contributed by atoms with Crippen molar-refractivity contribution in [3.05, 3.63) is 84.4 Å². The molecule has 2 aromatic carbocycles. The van der Waals surface area contributed by atoms with Gasteiger partial charge in [0, 0.05) is 6.42 Å². The summed E-state index contributed by atoms with van der Waals surface area (Å²) in [4.78, 5) is 36.2. The molecule has 0 radical (unpaired) electrons. The average molecular weight is 396 g/mol. The molecule has 0 aromatic heterocycles. The van der Waals surface area contributed by atoms with Gasteiger partial charge in [-0.2, -0.15) is 0 Å². The van der Waals surface area contributed by atoms with Crippen molar-refractivity contribution in [3.63, 3.8) is 0 Å². The van der Waals surface area contributed by atoms with Crippen LogP contribution in [0.4, 0.5) is 4.79 Å². The van der Waals surface area contributed by atoms with Crippen molar-refractivity contribution >= 4 is 18.0 Å². The number of amides is 2. The van der Waals surface area contributed by atoms with E-state index >= 15 is 0 Å². The predicted molar refractivity (Wildman–Crippen MR) is 108 cm³/mol. The van der Waals surface area contributed by atoms with E-state index in [-0.39, 0.29) is 19.4 Å². The van der Waals surface area contributed by atoms with Crippen LogP contribution in [0.5, 0.6) is 0 Å². The summed E-state index contributed by atoms with van der Waals surface area (Å²) in [5, 5.41) is 14.2. The van der Waals surface area contributed by atoms with Gasteiger partial charge in [0.15, 0.2) is 0 Å². The Morgan fingerprint density at radius 2 is 1.52 bits per heavy atom. The number of aliphatic carboxylic acids is 1. The second-order valence-corrected chi connectivity index (χ2v) is 6.37. The van der Waals surface area contributed by atoms with E-state index in [0.29, 0.717) is 0 Å². The summed E-state index contributed by atoms with van der Waals surface area (Å²) in [5.41, 5.74) is 1.62. The third kappa shape index (κ3) is 7.50. The Morgan fingerprint density at radius 3 is 2.07 bits per heavy atom. The molecule has 7 heteroatoms. The van der Waals surface area contributed by atoms with Gasteiger partial charge in [0.05, 0.1) is 0 Å². The van der Waals surface area contributed by atoms with Gasteiger partial charge in [0.1, 0.15) is 18.7 Å². The lowest BCUT2D eigenvalue weighted by Crippen LogP contribution is -2.52. The van der Waals surface area contributed by atoms with E-state index in [4.69, 9.17) is 4.74 Å². The lowest BCUT2D eigenvalue weighted by atomic mass is 10.0. The minimum Gasteiger partial charge on any atom is -0.480 e. The Kier molecular flexibility index (Phi) is 8.44. The first-order valence-electron chi connectivity index (χ1n) is 9.14. The number of carbonyl (C=O) groups excluding carboxylic acids is 2. The Bertz CT molecular complexity index is 824. The van der Waals surface area contributed by atoms with Gasteiger partial charge in [-0.1, -0.05) is 66.7 Å². The highest BCUT2D eigenvalue weighted by Crippen LogP contribution is 2.06. The van der Waals surface area contributed by atoms with Crippen molar-refractivity contribution in [2.45, 2.75) is 31.5 Å². The molecule has 2 aromatic rings. The van der Waals surface area contributed by atoms with E-state index in [1.807, 2.05) is 60.7 Å². The summed E-state index contributed by atoms with van der Waals surface area (Å²) in [6.07, 6.45) is 0.901. The van der Waals surface area contributed by atoms with E-state index in [0.717, 1.165) is 11.1 Å². The molecule has 29 heavy (non-hydrogen) atoms. The zero-order valence-electron chi connectivity index (χ0n) is 15.9. The van der Waals surface area contributed by atoms with Crippen LogP contribution in [0.1, 0.15) is 17.5 Å². The maximum Gasteiger partial charge on any atom is 0.408 e. The highest BCUT2D eigenvalue weighted by Gasteiger charge is 2.26. The monoisotopic (exact) mass is 396 g/mol. The summed E-state index contributed by atoms with van der Waals surface area (Å²) in [7, 11) is 0. The molecule has 3 N–H and O–H groups in total. The van der Waals surface area contributed by atoms with Crippen LogP contribution >= 0.6 is 0 Å². The quantitative estimate of drug-likeness (QED) is 0.536. The fourth-order valence-corrected chi connectivity index (χ4v) is 2.63. The average Bonchev–Trinajstić information content (AvgIpc) is 2.73. The molecule has 152 valence electrons. The number of benzene rings is 2. The van der Waals surface area contributed by atoms with Gasteiger partial charge in [-0.05, 0) is 17.5 Å². The van der Waals surface area contributed by atoms with Crippen LogP contribution in [0, 0.1) is 0 Å². The van der Waals surface area contributed by atoms with E-state index < -0.39 is 30.1 Å². The number of nitrogens with one attached hydrogen (secondary N) is 2. The molecular formula is C22H24N2O5. The Labute approximate surface area is 169 Å². The molecule has 0 unspecified atom stereocenters. The molecule has 0 spiro atoms. The summed E-state index contributed by atoms with van der Waals surface area (Å²) in [6, 6.07) is 16.1. The fraction of sp³-hybridized carbons (Fsp3) is 0.227.